The second-order valence-electron chi connectivity index (χ2n) is 5.58. The summed E-state index contributed by atoms with van der Waals surface area (Å²) in [5.41, 5.74) is -0.471. The van der Waals surface area contributed by atoms with Gasteiger partial charge in [-0.15, -0.1) is 0 Å². The van der Waals surface area contributed by atoms with E-state index in [2.05, 4.69) is 4.72 Å². The molecule has 0 saturated carbocycles. The predicted octanol–water partition coefficient (Wildman–Crippen LogP) is 3.33. The van der Waals surface area contributed by atoms with Crippen LogP contribution in [0.5, 0.6) is 5.75 Å². The van der Waals surface area contributed by atoms with E-state index in [1.54, 1.807) is 7.05 Å². The standard InChI is InChI=1S/C16H15F3N2O3S/c1-21-7-8-24-15-6-5-13(10-14(15)21)25(22,23)20-12-4-2-3-11(9-12)16(17,18)19/h2-6,9-10,20H,7-8H2,1H3. The summed E-state index contributed by atoms with van der Waals surface area (Å²) >= 11 is 0. The van der Waals surface area contributed by atoms with Crippen molar-refractivity contribution in [2.24, 2.45) is 0 Å². The summed E-state index contributed by atoms with van der Waals surface area (Å²) < 4.78 is 70.9. The lowest BCUT2D eigenvalue weighted by atomic mass is 10.2. The molecule has 1 aliphatic heterocycles. The third kappa shape index (κ3) is 3.65. The number of hydrogen-bond acceptors (Lipinski definition) is 4. The van der Waals surface area contributed by atoms with Crippen LogP contribution in [0, 0.1) is 0 Å². The van der Waals surface area contributed by atoms with Crippen molar-refractivity contribution < 1.29 is 26.3 Å². The van der Waals surface area contributed by atoms with E-state index >= 15 is 0 Å². The topological polar surface area (TPSA) is 58.6 Å². The Labute approximate surface area is 143 Å². The summed E-state index contributed by atoms with van der Waals surface area (Å²) in [7, 11) is -2.23. The van der Waals surface area contributed by atoms with Crippen LogP contribution in [0.1, 0.15) is 5.56 Å². The molecule has 134 valence electrons. The lowest BCUT2D eigenvalue weighted by Gasteiger charge is -2.28. The Morgan fingerprint density at radius 3 is 2.64 bits per heavy atom. The third-order valence-corrected chi connectivity index (χ3v) is 5.16. The molecule has 3 rings (SSSR count). The quantitative estimate of drug-likeness (QED) is 0.898. The molecule has 0 bridgehead atoms. The number of hydrogen-bond donors (Lipinski definition) is 1. The van der Waals surface area contributed by atoms with Crippen molar-refractivity contribution in [2.75, 3.05) is 29.8 Å². The Kier molecular flexibility index (Phi) is 4.28. The molecule has 25 heavy (non-hydrogen) atoms. The maximum absolute atomic E-state index is 12.8. The minimum absolute atomic E-state index is 0.0546. The molecular formula is C16H15F3N2O3S. The van der Waals surface area contributed by atoms with Crippen molar-refractivity contribution in [3.05, 3.63) is 48.0 Å². The number of benzene rings is 2. The van der Waals surface area contributed by atoms with E-state index in [0.717, 1.165) is 18.2 Å². The van der Waals surface area contributed by atoms with E-state index in [1.165, 1.54) is 24.3 Å². The molecule has 1 N–H and O–H groups in total. The number of alkyl halides is 3. The number of nitrogens with one attached hydrogen (secondary N) is 1. The Bertz CT molecular complexity index is 898. The summed E-state index contributed by atoms with van der Waals surface area (Å²) in [6, 6.07) is 8.37. The molecule has 1 heterocycles. The number of sulfonamides is 1. The van der Waals surface area contributed by atoms with E-state index in [4.69, 9.17) is 4.74 Å². The van der Waals surface area contributed by atoms with Gasteiger partial charge in [0.15, 0.2) is 0 Å². The van der Waals surface area contributed by atoms with Crippen molar-refractivity contribution in [2.45, 2.75) is 11.1 Å². The molecule has 0 fully saturated rings. The SMILES string of the molecule is CN1CCOc2ccc(S(=O)(=O)Nc3cccc(C(F)(F)F)c3)cc21. The van der Waals surface area contributed by atoms with Gasteiger partial charge in [0, 0.05) is 12.7 Å². The molecule has 9 heteroatoms. The van der Waals surface area contributed by atoms with E-state index in [9.17, 15) is 21.6 Å². The van der Waals surface area contributed by atoms with Gasteiger partial charge in [-0.25, -0.2) is 8.42 Å². The fourth-order valence-electron chi connectivity index (χ4n) is 2.47. The molecule has 0 aromatic heterocycles. The highest BCUT2D eigenvalue weighted by Crippen LogP contribution is 2.34. The van der Waals surface area contributed by atoms with Gasteiger partial charge in [0.2, 0.25) is 0 Å². The van der Waals surface area contributed by atoms with E-state index in [-0.39, 0.29) is 10.6 Å². The van der Waals surface area contributed by atoms with Crippen LogP contribution >= 0.6 is 0 Å². The largest absolute Gasteiger partial charge is 0.490 e. The molecule has 0 radical (unpaired) electrons. The van der Waals surface area contributed by atoms with Gasteiger partial charge in [0.1, 0.15) is 12.4 Å². The maximum atomic E-state index is 12.8. The van der Waals surface area contributed by atoms with E-state index < -0.39 is 21.8 Å². The molecule has 2 aromatic rings. The van der Waals surface area contributed by atoms with E-state index in [1.807, 2.05) is 4.90 Å². The molecule has 1 aliphatic rings. The number of halogens is 3. The van der Waals surface area contributed by atoms with Crippen LogP contribution in [0.4, 0.5) is 24.5 Å². The highest BCUT2D eigenvalue weighted by Gasteiger charge is 2.31. The van der Waals surface area contributed by atoms with Gasteiger partial charge in [0.25, 0.3) is 10.0 Å². The van der Waals surface area contributed by atoms with Crippen LogP contribution in [0.25, 0.3) is 0 Å². The summed E-state index contributed by atoms with van der Waals surface area (Å²) in [5, 5.41) is 0. The molecule has 2 aromatic carbocycles. The Hall–Kier alpha value is -2.42. The first-order chi connectivity index (χ1) is 11.7. The molecular weight excluding hydrogens is 357 g/mol. The van der Waals surface area contributed by atoms with Crippen molar-refractivity contribution in [1.29, 1.82) is 0 Å². The van der Waals surface area contributed by atoms with Gasteiger partial charge in [0.05, 0.1) is 22.7 Å². The Morgan fingerprint density at radius 2 is 1.92 bits per heavy atom. The van der Waals surface area contributed by atoms with Crippen LogP contribution in [-0.4, -0.2) is 28.6 Å². The zero-order chi connectivity index (χ0) is 18.2. The van der Waals surface area contributed by atoms with Crippen LogP contribution in [0.15, 0.2) is 47.4 Å². The van der Waals surface area contributed by atoms with E-state index in [0.29, 0.717) is 24.6 Å². The highest BCUT2D eigenvalue weighted by atomic mass is 32.2. The summed E-state index contributed by atoms with van der Waals surface area (Å²) in [6.07, 6.45) is -4.55. The Morgan fingerprint density at radius 1 is 1.16 bits per heavy atom. The molecule has 0 amide bonds. The van der Waals surface area contributed by atoms with Crippen LogP contribution < -0.4 is 14.4 Å². The van der Waals surface area contributed by atoms with Gasteiger partial charge in [-0.1, -0.05) is 6.07 Å². The first-order valence-electron chi connectivity index (χ1n) is 7.35. The number of fused-ring (bicyclic) bond motifs is 1. The summed E-state index contributed by atoms with van der Waals surface area (Å²) in [4.78, 5) is 1.79. The van der Waals surface area contributed by atoms with Gasteiger partial charge in [-0.2, -0.15) is 13.2 Å². The first kappa shape index (κ1) is 17.4. The highest BCUT2D eigenvalue weighted by molar-refractivity contribution is 7.92. The average molecular weight is 372 g/mol. The van der Waals surface area contributed by atoms with Crippen LogP contribution in [0.2, 0.25) is 0 Å². The second kappa shape index (κ2) is 6.14. The minimum atomic E-state index is -4.55. The average Bonchev–Trinajstić information content (AvgIpc) is 2.54. The number of likely N-dealkylation sites (N-methyl/N-ethyl adjacent to an activating group) is 1. The van der Waals surface area contributed by atoms with Gasteiger partial charge in [-0.05, 0) is 36.4 Å². The monoisotopic (exact) mass is 372 g/mol. The van der Waals surface area contributed by atoms with Gasteiger partial charge in [-0.3, -0.25) is 4.72 Å². The Balaban J connectivity index is 1.92. The normalized spacial score (nSPS) is 14.6. The van der Waals surface area contributed by atoms with Gasteiger partial charge < -0.3 is 9.64 Å². The van der Waals surface area contributed by atoms with Gasteiger partial charge >= 0.3 is 6.18 Å². The lowest BCUT2D eigenvalue weighted by molar-refractivity contribution is -0.137. The predicted molar refractivity (Wildman–Crippen MR) is 87.5 cm³/mol. The van der Waals surface area contributed by atoms with Crippen molar-refractivity contribution in [3.8, 4) is 5.75 Å². The van der Waals surface area contributed by atoms with Crippen LogP contribution in [-0.2, 0) is 16.2 Å². The second-order valence-corrected chi connectivity index (χ2v) is 7.27. The van der Waals surface area contributed by atoms with Crippen LogP contribution in [0.3, 0.4) is 0 Å². The number of rotatable bonds is 3. The zero-order valence-corrected chi connectivity index (χ0v) is 14.0. The summed E-state index contributed by atoms with van der Waals surface area (Å²) in [6.45, 7) is 1.11. The molecule has 0 aliphatic carbocycles. The number of anilines is 2. The van der Waals surface area contributed by atoms with Crippen molar-refractivity contribution >= 4 is 21.4 Å². The lowest BCUT2D eigenvalue weighted by Crippen LogP contribution is -2.29. The number of ether oxygens (including phenoxy) is 1. The zero-order valence-electron chi connectivity index (χ0n) is 13.2. The van der Waals surface area contributed by atoms with Crippen molar-refractivity contribution in [3.63, 3.8) is 0 Å². The smallest absolute Gasteiger partial charge is 0.416 e. The summed E-state index contributed by atoms with van der Waals surface area (Å²) in [5.74, 6) is 0.562. The fourth-order valence-corrected chi connectivity index (χ4v) is 3.54. The fraction of sp³-hybridized carbons (Fsp3) is 0.250. The molecule has 0 saturated heterocycles. The maximum Gasteiger partial charge on any atom is 0.416 e. The van der Waals surface area contributed by atoms with Crippen molar-refractivity contribution in [1.82, 2.24) is 0 Å². The first-order valence-corrected chi connectivity index (χ1v) is 8.83. The number of nitrogens with zero attached hydrogens (tertiary/aromatic N) is 1. The molecule has 0 atom stereocenters. The molecule has 5 nitrogen and oxygen atoms in total. The minimum Gasteiger partial charge on any atom is -0.490 e. The molecule has 0 spiro atoms. The molecule has 0 unspecified atom stereocenters. The third-order valence-electron chi connectivity index (χ3n) is 3.78.